The van der Waals surface area contributed by atoms with E-state index >= 15 is 0 Å². The van der Waals surface area contributed by atoms with Gasteiger partial charge in [-0.15, -0.1) is 0 Å². The van der Waals surface area contributed by atoms with Crippen LogP contribution in [0.25, 0.3) is 0 Å². The summed E-state index contributed by atoms with van der Waals surface area (Å²) in [6.07, 6.45) is 1.59. The number of hydrogen-bond donors (Lipinski definition) is 3. The minimum Gasteiger partial charge on any atom is -0.481 e. The Kier molecular flexibility index (Phi) is 5.93. The second-order valence-electron chi connectivity index (χ2n) is 4.20. The second kappa shape index (κ2) is 7.24. The molecule has 1 amide bonds. The Labute approximate surface area is 101 Å². The number of aliphatic carboxylic acids is 1. The molecule has 1 saturated heterocycles. The summed E-state index contributed by atoms with van der Waals surface area (Å²) in [4.78, 5) is 21.8. The van der Waals surface area contributed by atoms with Gasteiger partial charge in [0.25, 0.3) is 0 Å². The number of piperidine rings is 1. The Morgan fingerprint density at radius 3 is 2.88 bits per heavy atom. The number of hydrogen-bond acceptors (Lipinski definition) is 4. The van der Waals surface area contributed by atoms with Crippen LogP contribution in [-0.2, 0) is 14.3 Å². The van der Waals surface area contributed by atoms with Gasteiger partial charge in [-0.05, 0) is 12.8 Å². The predicted octanol–water partition coefficient (Wildman–Crippen LogP) is -0.408. The number of nitrogens with one attached hydrogen (secondary N) is 2. The standard InChI is InChI=1S/C11H20N2O4/c1-12-10(14)3-2-4-17-9-5-8(11(15)16)6-13-7-9/h8-9,13H,2-7H2,1H3,(H,12,14)(H,15,16). The molecule has 0 saturated carbocycles. The van der Waals surface area contributed by atoms with Gasteiger partial charge in [-0.1, -0.05) is 0 Å². The number of carbonyl (C=O) groups excluding carboxylic acids is 1. The van der Waals surface area contributed by atoms with Gasteiger partial charge in [-0.25, -0.2) is 0 Å². The molecule has 0 aliphatic carbocycles. The van der Waals surface area contributed by atoms with Crippen LogP contribution in [0.3, 0.4) is 0 Å². The molecule has 1 aliphatic rings. The Morgan fingerprint density at radius 2 is 2.24 bits per heavy atom. The molecule has 0 aromatic heterocycles. The average molecular weight is 244 g/mol. The third-order valence-corrected chi connectivity index (χ3v) is 2.84. The van der Waals surface area contributed by atoms with E-state index in [9.17, 15) is 9.59 Å². The molecule has 2 unspecified atom stereocenters. The van der Waals surface area contributed by atoms with E-state index in [-0.39, 0.29) is 17.9 Å². The van der Waals surface area contributed by atoms with Crippen molar-refractivity contribution in [3.63, 3.8) is 0 Å². The zero-order valence-corrected chi connectivity index (χ0v) is 10.1. The molecule has 0 radical (unpaired) electrons. The second-order valence-corrected chi connectivity index (χ2v) is 4.20. The lowest BCUT2D eigenvalue weighted by Crippen LogP contribution is -2.43. The van der Waals surface area contributed by atoms with E-state index in [0.717, 1.165) is 0 Å². The smallest absolute Gasteiger partial charge is 0.307 e. The molecule has 1 fully saturated rings. The lowest BCUT2D eigenvalue weighted by Gasteiger charge is -2.27. The first-order chi connectivity index (χ1) is 8.13. The van der Waals surface area contributed by atoms with Crippen molar-refractivity contribution in [3.05, 3.63) is 0 Å². The summed E-state index contributed by atoms with van der Waals surface area (Å²) >= 11 is 0. The maximum Gasteiger partial charge on any atom is 0.307 e. The van der Waals surface area contributed by atoms with Crippen LogP contribution < -0.4 is 10.6 Å². The fourth-order valence-electron chi connectivity index (χ4n) is 1.83. The third-order valence-electron chi connectivity index (χ3n) is 2.84. The van der Waals surface area contributed by atoms with Crippen molar-refractivity contribution < 1.29 is 19.4 Å². The zero-order chi connectivity index (χ0) is 12.7. The molecule has 1 rings (SSSR count). The summed E-state index contributed by atoms with van der Waals surface area (Å²) in [5, 5.41) is 14.5. The highest BCUT2D eigenvalue weighted by Gasteiger charge is 2.26. The molecule has 1 aliphatic heterocycles. The maximum absolute atomic E-state index is 10.9. The van der Waals surface area contributed by atoms with Gasteiger partial charge in [0.1, 0.15) is 0 Å². The topological polar surface area (TPSA) is 87.7 Å². The minimum atomic E-state index is -0.781. The number of carbonyl (C=O) groups is 2. The molecule has 0 bridgehead atoms. The lowest BCUT2D eigenvalue weighted by molar-refractivity contribution is -0.144. The number of carboxylic acid groups (broad SMARTS) is 1. The fourth-order valence-corrected chi connectivity index (χ4v) is 1.83. The Balaban J connectivity index is 2.14. The van der Waals surface area contributed by atoms with Crippen LogP contribution in [0.4, 0.5) is 0 Å². The van der Waals surface area contributed by atoms with Gasteiger partial charge in [0.2, 0.25) is 5.91 Å². The van der Waals surface area contributed by atoms with Gasteiger partial charge in [0.05, 0.1) is 12.0 Å². The van der Waals surface area contributed by atoms with Gasteiger partial charge in [-0.2, -0.15) is 0 Å². The van der Waals surface area contributed by atoms with Crippen LogP contribution in [0.5, 0.6) is 0 Å². The molecule has 1 heterocycles. The van der Waals surface area contributed by atoms with E-state index in [1.807, 2.05) is 0 Å². The Morgan fingerprint density at radius 1 is 1.47 bits per heavy atom. The Hall–Kier alpha value is -1.14. The third kappa shape index (κ3) is 5.14. The van der Waals surface area contributed by atoms with Crippen molar-refractivity contribution in [3.8, 4) is 0 Å². The van der Waals surface area contributed by atoms with Crippen molar-refractivity contribution in [2.75, 3.05) is 26.7 Å². The van der Waals surface area contributed by atoms with Gasteiger partial charge in [-0.3, -0.25) is 9.59 Å². The normalized spacial score (nSPS) is 24.3. The Bertz CT molecular complexity index is 270. The number of rotatable bonds is 6. The van der Waals surface area contributed by atoms with Crippen molar-refractivity contribution in [2.24, 2.45) is 5.92 Å². The van der Waals surface area contributed by atoms with Crippen LogP contribution in [0.15, 0.2) is 0 Å². The number of carboxylic acids is 1. The van der Waals surface area contributed by atoms with E-state index < -0.39 is 5.97 Å². The summed E-state index contributed by atoms with van der Waals surface area (Å²) in [7, 11) is 1.60. The molecule has 98 valence electrons. The SMILES string of the molecule is CNC(=O)CCCOC1CNCC(C(=O)O)C1. The van der Waals surface area contributed by atoms with Gasteiger partial charge in [0.15, 0.2) is 0 Å². The zero-order valence-electron chi connectivity index (χ0n) is 10.1. The molecule has 6 heteroatoms. The lowest BCUT2D eigenvalue weighted by atomic mass is 9.98. The van der Waals surface area contributed by atoms with Crippen LogP contribution >= 0.6 is 0 Å². The first-order valence-corrected chi connectivity index (χ1v) is 5.89. The van der Waals surface area contributed by atoms with Gasteiger partial charge < -0.3 is 20.5 Å². The molecule has 6 nitrogen and oxygen atoms in total. The summed E-state index contributed by atoms with van der Waals surface area (Å²) in [5.74, 6) is -1.15. The van der Waals surface area contributed by atoms with Crippen LogP contribution in [-0.4, -0.2) is 49.8 Å². The fraction of sp³-hybridized carbons (Fsp3) is 0.818. The molecule has 17 heavy (non-hydrogen) atoms. The molecule has 0 spiro atoms. The largest absolute Gasteiger partial charge is 0.481 e. The monoisotopic (exact) mass is 244 g/mol. The maximum atomic E-state index is 10.9. The predicted molar refractivity (Wildman–Crippen MR) is 61.7 cm³/mol. The average Bonchev–Trinajstić information content (AvgIpc) is 2.34. The molecule has 0 aromatic rings. The summed E-state index contributed by atoms with van der Waals surface area (Å²) in [6.45, 7) is 1.68. The van der Waals surface area contributed by atoms with E-state index in [4.69, 9.17) is 9.84 Å². The first-order valence-electron chi connectivity index (χ1n) is 5.89. The van der Waals surface area contributed by atoms with Gasteiger partial charge >= 0.3 is 5.97 Å². The molecular formula is C11H20N2O4. The van der Waals surface area contributed by atoms with Crippen molar-refractivity contribution in [1.82, 2.24) is 10.6 Å². The molecular weight excluding hydrogens is 224 g/mol. The van der Waals surface area contributed by atoms with Crippen molar-refractivity contribution in [1.29, 1.82) is 0 Å². The number of amides is 1. The first kappa shape index (κ1) is 13.9. The molecule has 3 N–H and O–H groups in total. The van der Waals surface area contributed by atoms with E-state index in [0.29, 0.717) is 39.0 Å². The number of ether oxygens (including phenoxy) is 1. The van der Waals surface area contributed by atoms with E-state index in [1.54, 1.807) is 7.05 Å². The summed E-state index contributed by atoms with van der Waals surface area (Å²) < 4.78 is 5.55. The molecule has 0 aromatic carbocycles. The van der Waals surface area contributed by atoms with E-state index in [2.05, 4.69) is 10.6 Å². The molecule has 2 atom stereocenters. The van der Waals surface area contributed by atoms with Gasteiger partial charge in [0, 0.05) is 33.2 Å². The van der Waals surface area contributed by atoms with Crippen molar-refractivity contribution >= 4 is 11.9 Å². The van der Waals surface area contributed by atoms with Crippen LogP contribution in [0.2, 0.25) is 0 Å². The summed E-state index contributed by atoms with van der Waals surface area (Å²) in [6, 6.07) is 0. The highest BCUT2D eigenvalue weighted by molar-refractivity contribution is 5.75. The van der Waals surface area contributed by atoms with Crippen molar-refractivity contribution in [2.45, 2.75) is 25.4 Å². The quantitative estimate of drug-likeness (QED) is 0.553. The minimum absolute atomic E-state index is 0.00113. The van der Waals surface area contributed by atoms with Crippen LogP contribution in [0.1, 0.15) is 19.3 Å². The van der Waals surface area contributed by atoms with E-state index in [1.165, 1.54) is 0 Å². The highest BCUT2D eigenvalue weighted by atomic mass is 16.5. The highest BCUT2D eigenvalue weighted by Crippen LogP contribution is 2.14. The van der Waals surface area contributed by atoms with Crippen LogP contribution in [0, 0.1) is 5.92 Å². The summed E-state index contributed by atoms with van der Waals surface area (Å²) in [5.41, 5.74) is 0.